The summed E-state index contributed by atoms with van der Waals surface area (Å²) in [7, 11) is 2.11. The van der Waals surface area contributed by atoms with Gasteiger partial charge in [-0.3, -0.25) is 0 Å². The molecule has 0 amide bonds. The standard InChI is InChI=1S/C13H20N2O/c1-9-6-11(8-16)7-14-13(9)15(3)10(2)12-4-5-12/h6-7,10,12,16H,4-5,8H2,1-3H3. The Hall–Kier alpha value is -1.09. The lowest BCUT2D eigenvalue weighted by molar-refractivity contribution is 0.281. The number of pyridine rings is 1. The van der Waals surface area contributed by atoms with E-state index in [1.165, 1.54) is 12.8 Å². The van der Waals surface area contributed by atoms with E-state index in [2.05, 4.69) is 30.8 Å². The quantitative estimate of drug-likeness (QED) is 0.844. The molecule has 16 heavy (non-hydrogen) atoms. The monoisotopic (exact) mass is 220 g/mol. The number of aryl methyl sites for hydroxylation is 1. The maximum Gasteiger partial charge on any atom is 0.131 e. The zero-order chi connectivity index (χ0) is 11.7. The van der Waals surface area contributed by atoms with E-state index in [1.54, 1.807) is 6.20 Å². The number of aromatic nitrogens is 1. The molecule has 3 heteroatoms. The molecule has 1 aromatic rings. The first kappa shape index (κ1) is 11.4. The SMILES string of the molecule is Cc1cc(CO)cnc1N(C)C(C)C1CC1. The normalized spacial score (nSPS) is 17.2. The zero-order valence-electron chi connectivity index (χ0n) is 10.3. The van der Waals surface area contributed by atoms with Crippen LogP contribution in [0.4, 0.5) is 5.82 Å². The molecular formula is C13H20N2O. The summed E-state index contributed by atoms with van der Waals surface area (Å²) in [5, 5.41) is 9.05. The number of nitrogens with zero attached hydrogens (tertiary/aromatic N) is 2. The summed E-state index contributed by atoms with van der Waals surface area (Å²) in [5.74, 6) is 1.88. The number of hydrogen-bond acceptors (Lipinski definition) is 3. The Balaban J connectivity index is 2.18. The smallest absolute Gasteiger partial charge is 0.131 e. The minimum Gasteiger partial charge on any atom is -0.392 e. The Morgan fingerprint density at radius 2 is 2.25 bits per heavy atom. The lowest BCUT2D eigenvalue weighted by atomic mass is 10.1. The van der Waals surface area contributed by atoms with Gasteiger partial charge in [-0.15, -0.1) is 0 Å². The van der Waals surface area contributed by atoms with Gasteiger partial charge >= 0.3 is 0 Å². The lowest BCUT2D eigenvalue weighted by Crippen LogP contribution is -2.31. The molecule has 1 aromatic heterocycles. The van der Waals surface area contributed by atoms with Crippen molar-refractivity contribution in [3.05, 3.63) is 23.4 Å². The number of anilines is 1. The predicted molar refractivity (Wildman–Crippen MR) is 65.5 cm³/mol. The fourth-order valence-corrected chi connectivity index (χ4v) is 2.17. The minimum absolute atomic E-state index is 0.0655. The Morgan fingerprint density at radius 1 is 1.56 bits per heavy atom. The second-order valence-electron chi connectivity index (χ2n) is 4.83. The van der Waals surface area contributed by atoms with Crippen LogP contribution in [-0.2, 0) is 6.61 Å². The van der Waals surface area contributed by atoms with E-state index < -0.39 is 0 Å². The summed E-state index contributed by atoms with van der Waals surface area (Å²) < 4.78 is 0. The van der Waals surface area contributed by atoms with E-state index in [-0.39, 0.29) is 6.61 Å². The molecule has 0 aromatic carbocycles. The topological polar surface area (TPSA) is 36.4 Å². The van der Waals surface area contributed by atoms with Gasteiger partial charge in [0.2, 0.25) is 0 Å². The highest BCUT2D eigenvalue weighted by Gasteiger charge is 2.31. The van der Waals surface area contributed by atoms with Crippen LogP contribution in [0.5, 0.6) is 0 Å². The third kappa shape index (κ3) is 2.19. The van der Waals surface area contributed by atoms with Gasteiger partial charge in [-0.2, -0.15) is 0 Å². The van der Waals surface area contributed by atoms with Crippen molar-refractivity contribution in [3.8, 4) is 0 Å². The molecule has 0 saturated heterocycles. The first-order chi connectivity index (χ1) is 7.63. The molecule has 1 N–H and O–H groups in total. The molecule has 1 fully saturated rings. The van der Waals surface area contributed by atoms with Crippen molar-refractivity contribution in [1.29, 1.82) is 0 Å². The molecule has 1 unspecified atom stereocenters. The van der Waals surface area contributed by atoms with E-state index >= 15 is 0 Å². The second-order valence-corrected chi connectivity index (χ2v) is 4.83. The van der Waals surface area contributed by atoms with E-state index in [0.29, 0.717) is 6.04 Å². The van der Waals surface area contributed by atoms with Crippen LogP contribution in [0.1, 0.15) is 30.9 Å². The van der Waals surface area contributed by atoms with Gasteiger partial charge in [0, 0.05) is 19.3 Å². The van der Waals surface area contributed by atoms with Crippen molar-refractivity contribution >= 4 is 5.82 Å². The van der Waals surface area contributed by atoms with E-state index in [0.717, 1.165) is 22.9 Å². The molecule has 0 spiro atoms. The van der Waals surface area contributed by atoms with Crippen LogP contribution in [0.15, 0.2) is 12.3 Å². The zero-order valence-corrected chi connectivity index (χ0v) is 10.3. The van der Waals surface area contributed by atoms with E-state index in [1.807, 2.05) is 6.07 Å². The Labute approximate surface area is 97.1 Å². The Morgan fingerprint density at radius 3 is 2.75 bits per heavy atom. The van der Waals surface area contributed by atoms with Gasteiger partial charge in [-0.25, -0.2) is 4.98 Å². The third-order valence-corrected chi connectivity index (χ3v) is 3.54. The number of hydrogen-bond donors (Lipinski definition) is 1. The number of aliphatic hydroxyl groups excluding tert-OH is 1. The summed E-state index contributed by atoms with van der Waals surface area (Å²) >= 11 is 0. The molecule has 3 nitrogen and oxygen atoms in total. The molecule has 1 heterocycles. The molecule has 1 aliphatic rings. The van der Waals surface area contributed by atoms with Crippen molar-refractivity contribution in [2.45, 2.75) is 39.3 Å². The lowest BCUT2D eigenvalue weighted by Gasteiger charge is -2.27. The molecule has 0 radical (unpaired) electrons. The van der Waals surface area contributed by atoms with Crippen LogP contribution in [0.25, 0.3) is 0 Å². The largest absolute Gasteiger partial charge is 0.392 e. The Kier molecular flexibility index (Phi) is 3.15. The van der Waals surface area contributed by atoms with Crippen LogP contribution in [0, 0.1) is 12.8 Å². The van der Waals surface area contributed by atoms with Gasteiger partial charge in [0.15, 0.2) is 0 Å². The fraction of sp³-hybridized carbons (Fsp3) is 0.615. The molecule has 88 valence electrons. The van der Waals surface area contributed by atoms with Crippen molar-refractivity contribution < 1.29 is 5.11 Å². The second kappa shape index (κ2) is 4.42. The van der Waals surface area contributed by atoms with Crippen LogP contribution >= 0.6 is 0 Å². The van der Waals surface area contributed by atoms with Crippen LogP contribution in [0.3, 0.4) is 0 Å². The highest BCUT2D eigenvalue weighted by Crippen LogP contribution is 2.36. The van der Waals surface area contributed by atoms with Crippen molar-refractivity contribution in [1.82, 2.24) is 4.98 Å². The van der Waals surface area contributed by atoms with Gasteiger partial charge in [0.05, 0.1) is 6.61 Å². The summed E-state index contributed by atoms with van der Waals surface area (Å²) in [5.41, 5.74) is 2.02. The van der Waals surface area contributed by atoms with Crippen molar-refractivity contribution in [3.63, 3.8) is 0 Å². The van der Waals surface area contributed by atoms with Crippen LogP contribution in [0.2, 0.25) is 0 Å². The average Bonchev–Trinajstić information content (AvgIpc) is 3.10. The fourth-order valence-electron chi connectivity index (χ4n) is 2.17. The Bertz CT molecular complexity index is 374. The van der Waals surface area contributed by atoms with Crippen LogP contribution in [-0.4, -0.2) is 23.2 Å². The highest BCUT2D eigenvalue weighted by atomic mass is 16.3. The number of rotatable bonds is 4. The maximum atomic E-state index is 9.05. The average molecular weight is 220 g/mol. The van der Waals surface area contributed by atoms with Crippen LogP contribution < -0.4 is 4.90 Å². The van der Waals surface area contributed by atoms with Gasteiger partial charge in [0.1, 0.15) is 5.82 Å². The highest BCUT2D eigenvalue weighted by molar-refractivity contribution is 5.47. The third-order valence-electron chi connectivity index (χ3n) is 3.54. The molecule has 1 saturated carbocycles. The molecule has 1 aliphatic carbocycles. The molecule has 0 aliphatic heterocycles. The first-order valence-corrected chi connectivity index (χ1v) is 5.92. The summed E-state index contributed by atoms with van der Waals surface area (Å²) in [6.07, 6.45) is 4.46. The maximum absolute atomic E-state index is 9.05. The molecule has 0 bridgehead atoms. The molecular weight excluding hydrogens is 200 g/mol. The van der Waals surface area contributed by atoms with Crippen molar-refractivity contribution in [2.75, 3.05) is 11.9 Å². The van der Waals surface area contributed by atoms with Gasteiger partial charge in [0.25, 0.3) is 0 Å². The summed E-state index contributed by atoms with van der Waals surface area (Å²) in [4.78, 5) is 6.70. The van der Waals surface area contributed by atoms with E-state index in [4.69, 9.17) is 5.11 Å². The van der Waals surface area contributed by atoms with Gasteiger partial charge in [-0.05, 0) is 49.8 Å². The van der Waals surface area contributed by atoms with Gasteiger partial charge < -0.3 is 10.0 Å². The molecule has 2 rings (SSSR count). The summed E-state index contributed by atoms with van der Waals surface area (Å²) in [6.45, 7) is 4.38. The van der Waals surface area contributed by atoms with E-state index in [9.17, 15) is 0 Å². The van der Waals surface area contributed by atoms with Crippen molar-refractivity contribution in [2.24, 2.45) is 5.92 Å². The minimum atomic E-state index is 0.0655. The predicted octanol–water partition coefficient (Wildman–Crippen LogP) is 2.12. The molecule has 1 atom stereocenters. The first-order valence-electron chi connectivity index (χ1n) is 5.92. The number of aliphatic hydroxyl groups is 1. The summed E-state index contributed by atoms with van der Waals surface area (Å²) in [6, 6.07) is 2.57. The van der Waals surface area contributed by atoms with Gasteiger partial charge in [-0.1, -0.05) is 0 Å².